The second-order valence-electron chi connectivity index (χ2n) is 6.14. The number of benzene rings is 1. The zero-order valence-corrected chi connectivity index (χ0v) is 13.9. The van der Waals surface area contributed by atoms with Gasteiger partial charge in [0.1, 0.15) is 0 Å². The van der Waals surface area contributed by atoms with Crippen LogP contribution in [0.2, 0.25) is 0 Å². The fourth-order valence-corrected chi connectivity index (χ4v) is 3.10. The number of carbonyl (C=O) groups excluding carboxylic acids is 2. The van der Waals surface area contributed by atoms with Crippen LogP contribution in [0.3, 0.4) is 0 Å². The molecule has 1 heterocycles. The second-order valence-corrected chi connectivity index (χ2v) is 6.14. The number of amides is 2. The third kappa shape index (κ3) is 4.57. The fourth-order valence-electron chi connectivity index (χ4n) is 3.10. The van der Waals surface area contributed by atoms with Crippen LogP contribution in [0.25, 0.3) is 0 Å². The van der Waals surface area contributed by atoms with Crippen LogP contribution in [0, 0.1) is 5.92 Å². The Kier molecular flexibility index (Phi) is 6.35. The zero-order chi connectivity index (χ0) is 17.5. The van der Waals surface area contributed by atoms with Crippen molar-refractivity contribution in [2.75, 3.05) is 13.1 Å². The van der Waals surface area contributed by atoms with Gasteiger partial charge in [0.25, 0.3) is 5.91 Å². The summed E-state index contributed by atoms with van der Waals surface area (Å²) in [7, 11) is 0. The Morgan fingerprint density at radius 3 is 2.62 bits per heavy atom. The summed E-state index contributed by atoms with van der Waals surface area (Å²) in [4.78, 5) is 37.1. The largest absolute Gasteiger partial charge is 0.481 e. The predicted octanol–water partition coefficient (Wildman–Crippen LogP) is 1.91. The number of hydrogen-bond donors (Lipinski definition) is 2. The molecule has 6 heteroatoms. The van der Waals surface area contributed by atoms with Gasteiger partial charge in [-0.3, -0.25) is 14.4 Å². The van der Waals surface area contributed by atoms with E-state index in [0.29, 0.717) is 37.9 Å². The molecule has 2 amide bonds. The number of likely N-dealkylation sites (tertiary alicyclic amines) is 1. The molecule has 0 radical (unpaired) electrons. The Hall–Kier alpha value is -2.37. The first-order valence-electron chi connectivity index (χ1n) is 8.36. The van der Waals surface area contributed by atoms with Gasteiger partial charge in [0.15, 0.2) is 0 Å². The van der Waals surface area contributed by atoms with Crippen molar-refractivity contribution in [3.8, 4) is 0 Å². The molecule has 0 unspecified atom stereocenters. The lowest BCUT2D eigenvalue weighted by molar-refractivity contribution is -0.149. The summed E-state index contributed by atoms with van der Waals surface area (Å²) in [5, 5.41) is 12.0. The van der Waals surface area contributed by atoms with E-state index >= 15 is 0 Å². The van der Waals surface area contributed by atoms with Crippen molar-refractivity contribution in [3.05, 3.63) is 35.9 Å². The van der Waals surface area contributed by atoms with Crippen LogP contribution >= 0.6 is 0 Å². The molecule has 6 nitrogen and oxygen atoms in total. The second kappa shape index (κ2) is 8.47. The van der Waals surface area contributed by atoms with Crippen molar-refractivity contribution >= 4 is 17.8 Å². The van der Waals surface area contributed by atoms with E-state index in [1.165, 1.54) is 0 Å². The molecule has 24 heavy (non-hydrogen) atoms. The number of aliphatic carboxylic acids is 1. The normalized spacial score (nSPS) is 20.5. The number of carboxylic acids is 1. The quantitative estimate of drug-likeness (QED) is 0.779. The molecule has 0 bridgehead atoms. The Morgan fingerprint density at radius 2 is 1.96 bits per heavy atom. The lowest BCUT2D eigenvalue weighted by atomic mass is 9.90. The maximum atomic E-state index is 12.3. The third-order valence-corrected chi connectivity index (χ3v) is 4.51. The molecule has 0 aromatic heterocycles. The number of nitrogens with zero attached hydrogens (tertiary/aromatic N) is 1. The minimum absolute atomic E-state index is 0.0394. The van der Waals surface area contributed by atoms with Gasteiger partial charge >= 0.3 is 5.97 Å². The average molecular weight is 332 g/mol. The highest BCUT2D eigenvalue weighted by Crippen LogP contribution is 2.24. The van der Waals surface area contributed by atoms with Gasteiger partial charge in [-0.2, -0.15) is 0 Å². The van der Waals surface area contributed by atoms with Gasteiger partial charge in [-0.15, -0.1) is 0 Å². The van der Waals surface area contributed by atoms with Crippen molar-refractivity contribution in [1.29, 1.82) is 0 Å². The van der Waals surface area contributed by atoms with Crippen LogP contribution in [0.4, 0.5) is 0 Å². The van der Waals surface area contributed by atoms with Crippen LogP contribution in [0.1, 0.15) is 43.0 Å². The van der Waals surface area contributed by atoms with Crippen molar-refractivity contribution in [2.45, 2.75) is 38.6 Å². The first-order chi connectivity index (χ1) is 11.5. The summed E-state index contributed by atoms with van der Waals surface area (Å²) < 4.78 is 0. The molecule has 130 valence electrons. The summed E-state index contributed by atoms with van der Waals surface area (Å²) in [5.74, 6) is -1.52. The van der Waals surface area contributed by atoms with E-state index in [4.69, 9.17) is 0 Å². The molecule has 2 atom stereocenters. The van der Waals surface area contributed by atoms with E-state index in [0.717, 1.165) is 6.42 Å². The molecule has 0 saturated carbocycles. The van der Waals surface area contributed by atoms with Gasteiger partial charge in [0.05, 0.1) is 5.92 Å². The topological polar surface area (TPSA) is 86.7 Å². The van der Waals surface area contributed by atoms with Gasteiger partial charge in [0, 0.05) is 31.1 Å². The molecular formula is C18H24N2O4. The predicted molar refractivity (Wildman–Crippen MR) is 89.5 cm³/mol. The van der Waals surface area contributed by atoms with Gasteiger partial charge in [0.2, 0.25) is 5.91 Å². The standard InChI is InChI=1S/C18H24N2O4/c1-13-15(18(23)24)9-6-12-20(13)16(21)10-5-11-19-17(22)14-7-3-2-4-8-14/h2-4,7-8,13,15H,5-6,9-12H2,1H3,(H,19,22)(H,23,24)/t13-,15-/m1/s1. The Labute approximate surface area is 141 Å². The summed E-state index contributed by atoms with van der Waals surface area (Å²) in [6.07, 6.45) is 2.19. The highest BCUT2D eigenvalue weighted by Gasteiger charge is 2.34. The van der Waals surface area contributed by atoms with E-state index in [-0.39, 0.29) is 17.9 Å². The van der Waals surface area contributed by atoms with Crippen LogP contribution in [0.15, 0.2) is 30.3 Å². The molecule has 1 aromatic rings. The molecule has 1 aliphatic rings. The zero-order valence-electron chi connectivity index (χ0n) is 13.9. The van der Waals surface area contributed by atoms with Gasteiger partial charge in [-0.1, -0.05) is 18.2 Å². The minimum atomic E-state index is -0.838. The van der Waals surface area contributed by atoms with E-state index < -0.39 is 11.9 Å². The Morgan fingerprint density at radius 1 is 1.25 bits per heavy atom. The maximum absolute atomic E-state index is 12.3. The average Bonchev–Trinajstić information content (AvgIpc) is 2.59. The van der Waals surface area contributed by atoms with Crippen molar-refractivity contribution < 1.29 is 19.5 Å². The van der Waals surface area contributed by atoms with Gasteiger partial charge in [-0.05, 0) is 38.3 Å². The molecule has 0 spiro atoms. The van der Waals surface area contributed by atoms with Crippen LogP contribution in [-0.2, 0) is 9.59 Å². The number of carboxylic acid groups (broad SMARTS) is 1. The third-order valence-electron chi connectivity index (χ3n) is 4.51. The molecule has 1 saturated heterocycles. The molecule has 2 rings (SSSR count). The number of rotatable bonds is 6. The Balaban J connectivity index is 1.75. The smallest absolute Gasteiger partial charge is 0.308 e. The number of nitrogens with one attached hydrogen (secondary N) is 1. The first-order valence-corrected chi connectivity index (χ1v) is 8.36. The minimum Gasteiger partial charge on any atom is -0.481 e. The van der Waals surface area contributed by atoms with E-state index in [1.54, 1.807) is 36.1 Å². The monoisotopic (exact) mass is 332 g/mol. The van der Waals surface area contributed by atoms with E-state index in [2.05, 4.69) is 5.32 Å². The molecular weight excluding hydrogens is 308 g/mol. The SMILES string of the molecule is C[C@@H]1[C@H](C(=O)O)CCCN1C(=O)CCCNC(=O)c1ccccc1. The van der Waals surface area contributed by atoms with Crippen molar-refractivity contribution in [2.24, 2.45) is 5.92 Å². The summed E-state index contributed by atoms with van der Waals surface area (Å²) in [6, 6.07) is 8.65. The van der Waals surface area contributed by atoms with E-state index in [9.17, 15) is 19.5 Å². The van der Waals surface area contributed by atoms with Crippen molar-refractivity contribution in [3.63, 3.8) is 0 Å². The lowest BCUT2D eigenvalue weighted by Crippen LogP contribution is -2.49. The van der Waals surface area contributed by atoms with Gasteiger partial charge < -0.3 is 15.3 Å². The van der Waals surface area contributed by atoms with Crippen LogP contribution in [0.5, 0.6) is 0 Å². The van der Waals surface area contributed by atoms with E-state index in [1.807, 2.05) is 6.07 Å². The molecule has 1 aromatic carbocycles. The van der Waals surface area contributed by atoms with Gasteiger partial charge in [-0.25, -0.2) is 0 Å². The number of carbonyl (C=O) groups is 3. The molecule has 0 aliphatic carbocycles. The lowest BCUT2D eigenvalue weighted by Gasteiger charge is -2.37. The highest BCUT2D eigenvalue weighted by molar-refractivity contribution is 5.94. The fraction of sp³-hybridized carbons (Fsp3) is 0.500. The number of piperidine rings is 1. The Bertz CT molecular complexity index is 588. The molecule has 1 aliphatic heterocycles. The maximum Gasteiger partial charge on any atom is 0.308 e. The highest BCUT2D eigenvalue weighted by atomic mass is 16.4. The molecule has 1 fully saturated rings. The first kappa shape index (κ1) is 18.0. The van der Waals surface area contributed by atoms with Crippen LogP contribution < -0.4 is 5.32 Å². The summed E-state index contributed by atoms with van der Waals surface area (Å²) >= 11 is 0. The summed E-state index contributed by atoms with van der Waals surface area (Å²) in [6.45, 7) is 2.83. The molecule has 2 N–H and O–H groups in total. The summed E-state index contributed by atoms with van der Waals surface area (Å²) in [5.41, 5.74) is 0.595. The van der Waals surface area contributed by atoms with Crippen molar-refractivity contribution in [1.82, 2.24) is 10.2 Å². The number of hydrogen-bond acceptors (Lipinski definition) is 3. The van der Waals surface area contributed by atoms with Crippen LogP contribution in [-0.4, -0.2) is 46.9 Å².